The number of aromatic hydroxyl groups is 2. The summed E-state index contributed by atoms with van der Waals surface area (Å²) in [5.41, 5.74) is -0.0870. The van der Waals surface area contributed by atoms with Gasteiger partial charge >= 0.3 is 5.69 Å². The van der Waals surface area contributed by atoms with Crippen molar-refractivity contribution >= 4 is 0 Å². The van der Waals surface area contributed by atoms with E-state index in [0.29, 0.717) is 34.9 Å². The summed E-state index contributed by atoms with van der Waals surface area (Å²) in [6.07, 6.45) is 0.517. The molecule has 1 aromatic carbocycles. The van der Waals surface area contributed by atoms with Gasteiger partial charge in [0.25, 0.3) is 5.56 Å². The quantitative estimate of drug-likeness (QED) is 0.611. The molecular weight excluding hydrogens is 378 g/mol. The molecule has 0 spiro atoms. The summed E-state index contributed by atoms with van der Waals surface area (Å²) < 4.78 is 12.0. The van der Waals surface area contributed by atoms with Crippen LogP contribution >= 0.6 is 0 Å². The first-order chi connectivity index (χ1) is 13.9. The van der Waals surface area contributed by atoms with Crippen molar-refractivity contribution in [3.63, 3.8) is 0 Å². The van der Waals surface area contributed by atoms with Gasteiger partial charge in [-0.15, -0.1) is 0 Å². The number of aryl methyl sites for hydroxylation is 1. The van der Waals surface area contributed by atoms with Gasteiger partial charge in [0.2, 0.25) is 5.88 Å². The van der Waals surface area contributed by atoms with Crippen LogP contribution in [0.25, 0.3) is 5.69 Å². The minimum absolute atomic E-state index is 0.109. The fourth-order valence-corrected chi connectivity index (χ4v) is 3.42. The fourth-order valence-electron chi connectivity index (χ4n) is 3.42. The van der Waals surface area contributed by atoms with Crippen molar-refractivity contribution in [2.75, 3.05) is 6.61 Å². The molecule has 0 amide bonds. The Balaban J connectivity index is 1.88. The van der Waals surface area contributed by atoms with Gasteiger partial charge in [0.15, 0.2) is 0 Å². The lowest BCUT2D eigenvalue weighted by atomic mass is 10.00. The molecule has 0 fully saturated rings. The lowest BCUT2D eigenvalue weighted by molar-refractivity contribution is 0.0891. The Morgan fingerprint density at radius 2 is 1.97 bits per heavy atom. The number of benzene rings is 1. The van der Waals surface area contributed by atoms with Gasteiger partial charge in [-0.2, -0.15) is 0 Å². The SMILES string of the molecule is CCOc1ccc(-n2c(O)c([C@H]3OCc4cnc(C)c(O)c43)c(=O)[nH]c2=O)cc1. The predicted octanol–water partition coefficient (Wildman–Crippen LogP) is 1.66. The fraction of sp³-hybridized carbons (Fsp3) is 0.250. The smallest absolute Gasteiger partial charge is 0.335 e. The second-order valence-electron chi connectivity index (χ2n) is 6.58. The predicted molar refractivity (Wildman–Crippen MR) is 103 cm³/mol. The Kier molecular flexibility index (Phi) is 4.59. The number of rotatable bonds is 4. The first-order valence-electron chi connectivity index (χ1n) is 9.02. The molecule has 2 aromatic heterocycles. The maximum Gasteiger partial charge on any atom is 0.335 e. The lowest BCUT2D eigenvalue weighted by Gasteiger charge is -2.17. The molecule has 0 saturated carbocycles. The van der Waals surface area contributed by atoms with Gasteiger partial charge in [-0.1, -0.05) is 0 Å². The summed E-state index contributed by atoms with van der Waals surface area (Å²) in [6.45, 7) is 4.08. The molecule has 0 radical (unpaired) electrons. The monoisotopic (exact) mass is 397 g/mol. The first kappa shape index (κ1) is 18.8. The zero-order valence-corrected chi connectivity index (χ0v) is 15.8. The van der Waals surface area contributed by atoms with Crippen molar-refractivity contribution < 1.29 is 19.7 Å². The molecule has 0 bridgehead atoms. The molecular formula is C20H19N3O6. The first-order valence-corrected chi connectivity index (χ1v) is 9.02. The van der Waals surface area contributed by atoms with Gasteiger partial charge in [0.05, 0.1) is 24.6 Å². The van der Waals surface area contributed by atoms with Gasteiger partial charge in [-0.05, 0) is 38.1 Å². The molecule has 0 saturated heterocycles. The summed E-state index contributed by atoms with van der Waals surface area (Å²) in [6, 6.07) is 6.47. The van der Waals surface area contributed by atoms with Crippen molar-refractivity contribution in [3.05, 3.63) is 73.7 Å². The highest BCUT2D eigenvalue weighted by Gasteiger charge is 2.35. The van der Waals surface area contributed by atoms with Crippen LogP contribution in [0.1, 0.15) is 35.4 Å². The van der Waals surface area contributed by atoms with E-state index >= 15 is 0 Å². The van der Waals surface area contributed by atoms with Crippen LogP contribution in [0.15, 0.2) is 40.1 Å². The number of nitrogens with one attached hydrogen (secondary N) is 1. The number of H-pyrrole nitrogens is 1. The molecule has 9 heteroatoms. The molecule has 1 aliphatic heterocycles. The molecule has 9 nitrogen and oxygen atoms in total. The minimum atomic E-state index is -1.04. The summed E-state index contributed by atoms with van der Waals surface area (Å²) in [5, 5.41) is 21.3. The van der Waals surface area contributed by atoms with Crippen LogP contribution in [-0.4, -0.2) is 31.4 Å². The standard InChI is InChI=1S/C20H19N3O6/c1-3-28-13-6-4-12(5-7-13)23-19(26)15(18(25)22-20(23)27)17-14-11(9-29-17)8-21-10(2)16(14)24/h4-8,17,24,26H,3,9H2,1-2H3,(H,22,25,27)/t17-/m0/s1. The number of hydrogen-bond acceptors (Lipinski definition) is 7. The Bertz CT molecular complexity index is 1200. The van der Waals surface area contributed by atoms with E-state index in [-0.39, 0.29) is 17.9 Å². The third kappa shape index (κ3) is 3.05. The van der Waals surface area contributed by atoms with Crippen molar-refractivity contribution in [2.45, 2.75) is 26.6 Å². The third-order valence-corrected chi connectivity index (χ3v) is 4.81. The van der Waals surface area contributed by atoms with Gasteiger partial charge in [-0.25, -0.2) is 9.36 Å². The number of fused-ring (bicyclic) bond motifs is 1. The zero-order valence-electron chi connectivity index (χ0n) is 15.8. The van der Waals surface area contributed by atoms with E-state index in [1.54, 1.807) is 37.4 Å². The normalized spacial score (nSPS) is 15.3. The number of ether oxygens (including phenoxy) is 2. The van der Waals surface area contributed by atoms with Gasteiger partial charge in [-0.3, -0.25) is 14.8 Å². The van der Waals surface area contributed by atoms with Gasteiger partial charge in [0, 0.05) is 17.3 Å². The van der Waals surface area contributed by atoms with E-state index < -0.39 is 23.2 Å². The Morgan fingerprint density at radius 1 is 1.24 bits per heavy atom. The maximum absolute atomic E-state index is 12.6. The average molecular weight is 397 g/mol. The zero-order chi connectivity index (χ0) is 20.7. The van der Waals surface area contributed by atoms with Crippen molar-refractivity contribution in [1.29, 1.82) is 0 Å². The second-order valence-corrected chi connectivity index (χ2v) is 6.58. The number of aromatic amines is 1. The molecule has 29 heavy (non-hydrogen) atoms. The molecule has 4 rings (SSSR count). The molecule has 3 N–H and O–H groups in total. The van der Waals surface area contributed by atoms with Crippen LogP contribution in [-0.2, 0) is 11.3 Å². The summed E-state index contributed by atoms with van der Waals surface area (Å²) in [7, 11) is 0. The largest absolute Gasteiger partial charge is 0.506 e. The number of hydrogen-bond donors (Lipinski definition) is 3. The average Bonchev–Trinajstić information content (AvgIpc) is 3.10. The van der Waals surface area contributed by atoms with Crippen LogP contribution in [0, 0.1) is 6.92 Å². The van der Waals surface area contributed by atoms with E-state index in [9.17, 15) is 19.8 Å². The van der Waals surface area contributed by atoms with E-state index in [2.05, 4.69) is 9.97 Å². The van der Waals surface area contributed by atoms with Crippen molar-refractivity contribution in [3.8, 4) is 23.1 Å². The highest BCUT2D eigenvalue weighted by atomic mass is 16.5. The Morgan fingerprint density at radius 3 is 2.66 bits per heavy atom. The van der Waals surface area contributed by atoms with Crippen molar-refractivity contribution in [1.82, 2.24) is 14.5 Å². The number of aromatic nitrogens is 3. The Labute approximate surface area is 164 Å². The van der Waals surface area contributed by atoms with Crippen LogP contribution in [0.5, 0.6) is 17.4 Å². The second kappa shape index (κ2) is 7.10. The van der Waals surface area contributed by atoms with Crippen LogP contribution in [0.3, 0.4) is 0 Å². The van der Waals surface area contributed by atoms with Crippen LogP contribution in [0.4, 0.5) is 0 Å². The number of pyridine rings is 1. The highest BCUT2D eigenvalue weighted by molar-refractivity contribution is 5.50. The lowest BCUT2D eigenvalue weighted by Crippen LogP contribution is -2.32. The minimum Gasteiger partial charge on any atom is -0.506 e. The Hall–Kier alpha value is -3.59. The molecule has 150 valence electrons. The molecule has 1 atom stereocenters. The molecule has 0 unspecified atom stereocenters. The van der Waals surface area contributed by atoms with Crippen LogP contribution < -0.4 is 16.0 Å². The molecule has 3 heterocycles. The third-order valence-electron chi connectivity index (χ3n) is 4.81. The van der Waals surface area contributed by atoms with E-state index in [4.69, 9.17) is 9.47 Å². The van der Waals surface area contributed by atoms with Crippen molar-refractivity contribution in [2.24, 2.45) is 0 Å². The van der Waals surface area contributed by atoms with Gasteiger partial charge in [0.1, 0.15) is 23.2 Å². The van der Waals surface area contributed by atoms with E-state index in [1.807, 2.05) is 6.92 Å². The molecule has 3 aromatic rings. The molecule has 1 aliphatic rings. The van der Waals surface area contributed by atoms with E-state index in [0.717, 1.165) is 4.57 Å². The number of nitrogens with zero attached hydrogens (tertiary/aromatic N) is 2. The highest BCUT2D eigenvalue weighted by Crippen LogP contribution is 2.42. The van der Waals surface area contributed by atoms with Gasteiger partial charge < -0.3 is 19.7 Å². The van der Waals surface area contributed by atoms with E-state index in [1.165, 1.54) is 0 Å². The van der Waals surface area contributed by atoms with Crippen LogP contribution in [0.2, 0.25) is 0 Å². The summed E-state index contributed by atoms with van der Waals surface area (Å²) in [5.74, 6) is -0.0633. The summed E-state index contributed by atoms with van der Waals surface area (Å²) in [4.78, 5) is 31.3. The molecule has 0 aliphatic carbocycles. The maximum atomic E-state index is 12.6. The summed E-state index contributed by atoms with van der Waals surface area (Å²) >= 11 is 0. The topological polar surface area (TPSA) is 127 Å².